The predicted molar refractivity (Wildman–Crippen MR) is 70.1 cm³/mol. The van der Waals surface area contributed by atoms with Crippen molar-refractivity contribution in [2.45, 2.75) is 20.4 Å². The number of benzene rings is 1. The van der Waals surface area contributed by atoms with Gasteiger partial charge in [-0.3, -0.25) is 0 Å². The molecule has 0 aliphatic rings. The van der Waals surface area contributed by atoms with Crippen molar-refractivity contribution in [2.24, 2.45) is 0 Å². The van der Waals surface area contributed by atoms with Crippen LogP contribution < -0.4 is 5.32 Å². The van der Waals surface area contributed by atoms with E-state index in [1.165, 1.54) is 4.88 Å². The van der Waals surface area contributed by atoms with Crippen molar-refractivity contribution in [3.8, 4) is 6.07 Å². The number of aryl methyl sites for hydroxylation is 2. The smallest absolute Gasteiger partial charge is 0.0994 e. The molecule has 0 radical (unpaired) electrons. The first-order chi connectivity index (χ1) is 8.19. The fourth-order valence-electron chi connectivity index (χ4n) is 1.58. The minimum Gasteiger partial charge on any atom is -0.380 e. The van der Waals surface area contributed by atoms with Crippen molar-refractivity contribution in [3.63, 3.8) is 0 Å². The van der Waals surface area contributed by atoms with Gasteiger partial charge in [-0.1, -0.05) is 0 Å². The van der Waals surface area contributed by atoms with E-state index in [1.807, 2.05) is 38.2 Å². The summed E-state index contributed by atoms with van der Waals surface area (Å²) in [5, 5.41) is 13.3. The fourth-order valence-corrected chi connectivity index (χ4v) is 2.31. The Hall–Kier alpha value is -1.86. The summed E-state index contributed by atoms with van der Waals surface area (Å²) in [5.41, 5.74) is 2.76. The SMILES string of the molecule is Cc1ncc(CNc2ccc(C#N)c(C)c2)s1. The summed E-state index contributed by atoms with van der Waals surface area (Å²) in [6.07, 6.45) is 1.89. The van der Waals surface area contributed by atoms with Crippen molar-refractivity contribution in [3.05, 3.63) is 45.4 Å². The van der Waals surface area contributed by atoms with Gasteiger partial charge in [0.05, 0.1) is 23.2 Å². The highest BCUT2D eigenvalue weighted by molar-refractivity contribution is 7.11. The van der Waals surface area contributed by atoms with Gasteiger partial charge in [0.1, 0.15) is 0 Å². The molecule has 3 nitrogen and oxygen atoms in total. The van der Waals surface area contributed by atoms with Crippen LogP contribution in [0.15, 0.2) is 24.4 Å². The van der Waals surface area contributed by atoms with Crippen LogP contribution in [-0.2, 0) is 6.54 Å². The molecule has 1 heterocycles. The number of nitriles is 1. The molecule has 1 aromatic carbocycles. The monoisotopic (exact) mass is 243 g/mol. The zero-order chi connectivity index (χ0) is 12.3. The van der Waals surface area contributed by atoms with Crippen LogP contribution in [0.1, 0.15) is 21.0 Å². The highest BCUT2D eigenvalue weighted by atomic mass is 32.1. The third-order valence-corrected chi connectivity index (χ3v) is 3.40. The molecule has 2 rings (SSSR count). The second-order valence-corrected chi connectivity index (χ2v) is 5.16. The average molecular weight is 243 g/mol. The Labute approximate surface area is 105 Å². The predicted octanol–water partition coefficient (Wildman–Crippen LogP) is 3.24. The van der Waals surface area contributed by atoms with E-state index in [2.05, 4.69) is 16.4 Å². The van der Waals surface area contributed by atoms with Crippen molar-refractivity contribution in [1.29, 1.82) is 5.26 Å². The van der Waals surface area contributed by atoms with E-state index in [4.69, 9.17) is 5.26 Å². The lowest BCUT2D eigenvalue weighted by atomic mass is 10.1. The molecule has 86 valence electrons. The zero-order valence-electron chi connectivity index (χ0n) is 9.82. The lowest BCUT2D eigenvalue weighted by molar-refractivity contribution is 1.16. The minimum atomic E-state index is 0.726. The van der Waals surface area contributed by atoms with Crippen molar-refractivity contribution >= 4 is 17.0 Å². The number of thiazole rings is 1. The van der Waals surface area contributed by atoms with Gasteiger partial charge in [0.2, 0.25) is 0 Å². The largest absolute Gasteiger partial charge is 0.380 e. The molecular formula is C13H13N3S. The number of nitrogens with one attached hydrogen (secondary N) is 1. The molecule has 0 fully saturated rings. The number of aromatic nitrogens is 1. The number of nitrogens with zero attached hydrogens (tertiary/aromatic N) is 2. The molecule has 0 amide bonds. The lowest BCUT2D eigenvalue weighted by Gasteiger charge is -2.06. The number of anilines is 1. The minimum absolute atomic E-state index is 0.726. The average Bonchev–Trinajstić information content (AvgIpc) is 2.73. The molecule has 0 unspecified atom stereocenters. The third kappa shape index (κ3) is 2.83. The van der Waals surface area contributed by atoms with Gasteiger partial charge in [-0.05, 0) is 37.6 Å². The van der Waals surface area contributed by atoms with Crippen LogP contribution >= 0.6 is 11.3 Å². The fraction of sp³-hybridized carbons (Fsp3) is 0.231. The Kier molecular flexibility index (Phi) is 3.40. The Balaban J connectivity index is 2.05. The van der Waals surface area contributed by atoms with E-state index in [-0.39, 0.29) is 0 Å². The van der Waals surface area contributed by atoms with Crippen molar-refractivity contribution in [2.75, 3.05) is 5.32 Å². The lowest BCUT2D eigenvalue weighted by Crippen LogP contribution is -1.98. The van der Waals surface area contributed by atoms with Crippen LogP contribution in [0, 0.1) is 25.2 Å². The van der Waals surface area contributed by atoms with E-state index < -0.39 is 0 Å². The van der Waals surface area contributed by atoms with E-state index in [0.29, 0.717) is 0 Å². The van der Waals surface area contributed by atoms with Crippen LogP contribution in [0.4, 0.5) is 5.69 Å². The zero-order valence-corrected chi connectivity index (χ0v) is 10.6. The van der Waals surface area contributed by atoms with Gasteiger partial charge < -0.3 is 5.32 Å². The Morgan fingerprint density at radius 3 is 2.82 bits per heavy atom. The summed E-state index contributed by atoms with van der Waals surface area (Å²) in [7, 11) is 0. The summed E-state index contributed by atoms with van der Waals surface area (Å²) in [5.74, 6) is 0. The highest BCUT2D eigenvalue weighted by Gasteiger charge is 2.01. The van der Waals surface area contributed by atoms with E-state index in [0.717, 1.165) is 28.4 Å². The molecule has 2 aromatic rings. The Morgan fingerprint density at radius 2 is 2.24 bits per heavy atom. The van der Waals surface area contributed by atoms with E-state index in [9.17, 15) is 0 Å². The topological polar surface area (TPSA) is 48.7 Å². The van der Waals surface area contributed by atoms with Crippen LogP contribution in [0.25, 0.3) is 0 Å². The quantitative estimate of drug-likeness (QED) is 0.900. The molecule has 0 aliphatic heterocycles. The molecule has 0 saturated heterocycles. The third-order valence-electron chi connectivity index (χ3n) is 2.48. The summed E-state index contributed by atoms with van der Waals surface area (Å²) in [6.45, 7) is 4.72. The molecule has 0 saturated carbocycles. The number of hydrogen-bond donors (Lipinski definition) is 1. The first-order valence-corrected chi connectivity index (χ1v) is 6.16. The van der Waals surface area contributed by atoms with Gasteiger partial charge in [0.25, 0.3) is 0 Å². The second-order valence-electron chi connectivity index (χ2n) is 3.84. The molecule has 1 aromatic heterocycles. The van der Waals surface area contributed by atoms with Crippen LogP contribution in [0.2, 0.25) is 0 Å². The first-order valence-electron chi connectivity index (χ1n) is 5.35. The molecule has 17 heavy (non-hydrogen) atoms. The number of hydrogen-bond acceptors (Lipinski definition) is 4. The maximum atomic E-state index is 8.84. The molecular weight excluding hydrogens is 230 g/mol. The normalized spacial score (nSPS) is 9.94. The van der Waals surface area contributed by atoms with E-state index >= 15 is 0 Å². The van der Waals surface area contributed by atoms with Crippen molar-refractivity contribution in [1.82, 2.24) is 4.98 Å². The Bertz CT molecular complexity index is 566. The van der Waals surface area contributed by atoms with Gasteiger partial charge in [-0.25, -0.2) is 4.98 Å². The molecule has 1 N–H and O–H groups in total. The van der Waals surface area contributed by atoms with Crippen molar-refractivity contribution < 1.29 is 0 Å². The highest BCUT2D eigenvalue weighted by Crippen LogP contribution is 2.17. The van der Waals surface area contributed by atoms with Gasteiger partial charge in [0.15, 0.2) is 0 Å². The summed E-state index contributed by atoms with van der Waals surface area (Å²) in [6, 6.07) is 7.93. The number of rotatable bonds is 3. The second kappa shape index (κ2) is 4.98. The van der Waals surface area contributed by atoms with Gasteiger partial charge in [-0.2, -0.15) is 5.26 Å². The van der Waals surface area contributed by atoms with Crippen LogP contribution in [-0.4, -0.2) is 4.98 Å². The summed E-state index contributed by atoms with van der Waals surface area (Å²) < 4.78 is 0. The van der Waals surface area contributed by atoms with Gasteiger partial charge in [-0.15, -0.1) is 11.3 Å². The first kappa shape index (κ1) is 11.6. The molecule has 0 aliphatic carbocycles. The standard InChI is InChI=1S/C13H13N3S/c1-9-5-12(4-3-11(9)6-14)16-8-13-7-15-10(2)17-13/h3-5,7,16H,8H2,1-2H3. The van der Waals surface area contributed by atoms with Crippen LogP contribution in [0.5, 0.6) is 0 Å². The van der Waals surface area contributed by atoms with Gasteiger partial charge >= 0.3 is 0 Å². The summed E-state index contributed by atoms with van der Waals surface area (Å²) in [4.78, 5) is 5.42. The molecule has 0 spiro atoms. The molecule has 4 heteroatoms. The summed E-state index contributed by atoms with van der Waals surface area (Å²) >= 11 is 1.69. The van der Waals surface area contributed by atoms with E-state index in [1.54, 1.807) is 11.3 Å². The Morgan fingerprint density at radius 1 is 1.41 bits per heavy atom. The molecule has 0 bridgehead atoms. The molecule has 0 atom stereocenters. The van der Waals surface area contributed by atoms with Gasteiger partial charge in [0, 0.05) is 16.8 Å². The van der Waals surface area contributed by atoms with Crippen LogP contribution in [0.3, 0.4) is 0 Å². The maximum Gasteiger partial charge on any atom is 0.0994 e. The maximum absolute atomic E-state index is 8.84.